The second-order valence-electron chi connectivity index (χ2n) is 6.80. The van der Waals surface area contributed by atoms with Gasteiger partial charge in [0.15, 0.2) is 5.96 Å². The zero-order valence-electron chi connectivity index (χ0n) is 16.6. The van der Waals surface area contributed by atoms with Crippen molar-refractivity contribution in [2.24, 2.45) is 4.99 Å². The van der Waals surface area contributed by atoms with Crippen molar-refractivity contribution in [3.8, 4) is 0 Å². The minimum Gasteiger partial charge on any atom is -0.469 e. The van der Waals surface area contributed by atoms with Gasteiger partial charge in [0, 0.05) is 58.1 Å². The van der Waals surface area contributed by atoms with Crippen LogP contribution >= 0.6 is 0 Å². The van der Waals surface area contributed by atoms with Crippen molar-refractivity contribution in [2.45, 2.75) is 32.2 Å². The van der Waals surface area contributed by atoms with Gasteiger partial charge in [-0.15, -0.1) is 0 Å². The first kappa shape index (κ1) is 20.2. The predicted molar refractivity (Wildman–Crippen MR) is 112 cm³/mol. The number of aliphatic imine (C=N–C) groups is 1. The Hall–Kier alpha value is -2.54. The Kier molecular flexibility index (Phi) is 8.18. The van der Waals surface area contributed by atoms with Crippen molar-refractivity contribution >= 4 is 11.8 Å². The number of rotatable bonds is 10. The molecule has 7 heteroatoms. The molecule has 28 heavy (non-hydrogen) atoms. The molecule has 2 N–H and O–H groups in total. The maximum absolute atomic E-state index is 5.41. The van der Waals surface area contributed by atoms with Crippen molar-refractivity contribution in [2.75, 3.05) is 44.3 Å². The SMILES string of the molecule is CCOCCCN=C(NCCc1ccco1)NC1CCN(c2ccccn2)C1. The molecule has 152 valence electrons. The molecule has 0 radical (unpaired) electrons. The van der Waals surface area contributed by atoms with Gasteiger partial charge in [-0.25, -0.2) is 4.98 Å². The van der Waals surface area contributed by atoms with E-state index >= 15 is 0 Å². The average molecular weight is 386 g/mol. The molecule has 1 aliphatic heterocycles. The van der Waals surface area contributed by atoms with Gasteiger partial charge in [-0.05, 0) is 44.0 Å². The van der Waals surface area contributed by atoms with E-state index < -0.39 is 0 Å². The number of ether oxygens (including phenoxy) is 1. The molecule has 2 aromatic heterocycles. The number of nitrogens with zero attached hydrogens (tertiary/aromatic N) is 3. The lowest BCUT2D eigenvalue weighted by Crippen LogP contribution is -2.45. The van der Waals surface area contributed by atoms with Crippen LogP contribution < -0.4 is 15.5 Å². The van der Waals surface area contributed by atoms with Gasteiger partial charge < -0.3 is 24.7 Å². The molecule has 2 aromatic rings. The summed E-state index contributed by atoms with van der Waals surface area (Å²) in [6, 6.07) is 10.3. The van der Waals surface area contributed by atoms with E-state index in [1.165, 1.54) is 0 Å². The van der Waals surface area contributed by atoms with Crippen molar-refractivity contribution < 1.29 is 9.15 Å². The van der Waals surface area contributed by atoms with Gasteiger partial charge in [0.1, 0.15) is 11.6 Å². The lowest BCUT2D eigenvalue weighted by Gasteiger charge is -2.20. The van der Waals surface area contributed by atoms with Gasteiger partial charge in [0.25, 0.3) is 0 Å². The Labute approximate surface area is 167 Å². The zero-order valence-corrected chi connectivity index (χ0v) is 16.6. The fourth-order valence-electron chi connectivity index (χ4n) is 3.23. The average Bonchev–Trinajstić information content (AvgIpc) is 3.40. The van der Waals surface area contributed by atoms with Gasteiger partial charge in [-0.3, -0.25) is 4.99 Å². The fraction of sp³-hybridized carbons (Fsp3) is 0.524. The van der Waals surface area contributed by atoms with E-state index in [2.05, 4.69) is 26.6 Å². The first-order chi connectivity index (χ1) is 13.8. The molecule has 0 aliphatic carbocycles. The van der Waals surface area contributed by atoms with Gasteiger partial charge in [0.2, 0.25) is 0 Å². The standard InChI is InChI=1S/C21H31N5O2/c1-2-27-15-6-12-23-21(24-13-9-19-7-5-16-28-19)25-18-10-14-26(17-18)20-8-3-4-11-22-20/h3-5,7-8,11,16,18H,2,6,9-10,12-15,17H2,1H3,(H2,23,24,25). The van der Waals surface area contributed by atoms with Crippen LogP contribution in [0.4, 0.5) is 5.82 Å². The predicted octanol–water partition coefficient (Wildman–Crippen LogP) is 2.46. The van der Waals surface area contributed by atoms with Crippen LogP contribution in [0, 0.1) is 0 Å². The summed E-state index contributed by atoms with van der Waals surface area (Å²) in [5.41, 5.74) is 0. The summed E-state index contributed by atoms with van der Waals surface area (Å²) in [6.45, 7) is 6.96. The number of guanidine groups is 1. The fourth-order valence-corrected chi connectivity index (χ4v) is 3.23. The van der Waals surface area contributed by atoms with Crippen LogP contribution in [0.2, 0.25) is 0 Å². The van der Waals surface area contributed by atoms with E-state index in [9.17, 15) is 0 Å². The molecule has 0 saturated carbocycles. The van der Waals surface area contributed by atoms with E-state index in [0.717, 1.165) is 76.2 Å². The van der Waals surface area contributed by atoms with E-state index in [4.69, 9.17) is 14.1 Å². The van der Waals surface area contributed by atoms with Gasteiger partial charge >= 0.3 is 0 Å². The molecule has 7 nitrogen and oxygen atoms in total. The number of hydrogen-bond donors (Lipinski definition) is 2. The highest BCUT2D eigenvalue weighted by Crippen LogP contribution is 2.17. The number of hydrogen-bond acceptors (Lipinski definition) is 5. The van der Waals surface area contributed by atoms with Gasteiger partial charge in [-0.1, -0.05) is 6.07 Å². The topological polar surface area (TPSA) is 74.9 Å². The lowest BCUT2D eigenvalue weighted by atomic mass is 10.3. The highest BCUT2D eigenvalue weighted by Gasteiger charge is 2.24. The normalized spacial score (nSPS) is 17.1. The van der Waals surface area contributed by atoms with Crippen LogP contribution in [-0.2, 0) is 11.2 Å². The minimum absolute atomic E-state index is 0.351. The van der Waals surface area contributed by atoms with E-state index in [0.29, 0.717) is 6.04 Å². The van der Waals surface area contributed by atoms with Crippen LogP contribution in [0.1, 0.15) is 25.5 Å². The third-order valence-electron chi connectivity index (χ3n) is 4.67. The second kappa shape index (κ2) is 11.3. The molecule has 1 fully saturated rings. The van der Waals surface area contributed by atoms with Crippen LogP contribution in [0.15, 0.2) is 52.2 Å². The summed E-state index contributed by atoms with van der Waals surface area (Å²) in [4.78, 5) is 11.5. The molecule has 0 amide bonds. The van der Waals surface area contributed by atoms with Crippen molar-refractivity contribution in [1.82, 2.24) is 15.6 Å². The Morgan fingerprint density at radius 3 is 3.11 bits per heavy atom. The molecular weight excluding hydrogens is 354 g/mol. The summed E-state index contributed by atoms with van der Waals surface area (Å²) in [6.07, 6.45) is 6.37. The smallest absolute Gasteiger partial charge is 0.191 e. The minimum atomic E-state index is 0.351. The third-order valence-corrected chi connectivity index (χ3v) is 4.67. The summed E-state index contributed by atoms with van der Waals surface area (Å²) in [5.74, 6) is 2.87. The van der Waals surface area contributed by atoms with Crippen molar-refractivity contribution in [3.05, 3.63) is 48.6 Å². The van der Waals surface area contributed by atoms with E-state index in [1.54, 1.807) is 6.26 Å². The molecule has 0 spiro atoms. The number of furan rings is 1. The zero-order chi connectivity index (χ0) is 19.4. The maximum Gasteiger partial charge on any atom is 0.191 e. The molecule has 3 rings (SSSR count). The molecule has 1 aliphatic rings. The third kappa shape index (κ3) is 6.56. The Morgan fingerprint density at radius 2 is 2.32 bits per heavy atom. The quantitative estimate of drug-likeness (QED) is 0.372. The molecule has 1 saturated heterocycles. The molecule has 1 unspecified atom stereocenters. The van der Waals surface area contributed by atoms with Crippen LogP contribution in [0.5, 0.6) is 0 Å². The Morgan fingerprint density at radius 1 is 1.36 bits per heavy atom. The molecule has 3 heterocycles. The molecule has 0 bridgehead atoms. The lowest BCUT2D eigenvalue weighted by molar-refractivity contribution is 0.146. The van der Waals surface area contributed by atoms with Crippen molar-refractivity contribution in [1.29, 1.82) is 0 Å². The summed E-state index contributed by atoms with van der Waals surface area (Å²) in [5, 5.41) is 7.02. The van der Waals surface area contributed by atoms with Gasteiger partial charge in [0.05, 0.1) is 6.26 Å². The number of nitrogens with one attached hydrogen (secondary N) is 2. The van der Waals surface area contributed by atoms with Crippen LogP contribution in [0.3, 0.4) is 0 Å². The van der Waals surface area contributed by atoms with Gasteiger partial charge in [-0.2, -0.15) is 0 Å². The number of pyridine rings is 1. The second-order valence-corrected chi connectivity index (χ2v) is 6.80. The first-order valence-electron chi connectivity index (χ1n) is 10.2. The highest BCUT2D eigenvalue weighted by atomic mass is 16.5. The molecule has 0 aromatic carbocycles. The van der Waals surface area contributed by atoms with Crippen LogP contribution in [0.25, 0.3) is 0 Å². The largest absolute Gasteiger partial charge is 0.469 e. The first-order valence-corrected chi connectivity index (χ1v) is 10.2. The Balaban J connectivity index is 1.49. The van der Waals surface area contributed by atoms with E-state index in [-0.39, 0.29) is 0 Å². The molecular formula is C21H31N5O2. The monoisotopic (exact) mass is 385 g/mol. The summed E-state index contributed by atoms with van der Waals surface area (Å²) in [7, 11) is 0. The number of aromatic nitrogens is 1. The van der Waals surface area contributed by atoms with Crippen LogP contribution in [-0.4, -0.2) is 56.4 Å². The summed E-state index contributed by atoms with van der Waals surface area (Å²) < 4.78 is 10.8. The number of anilines is 1. The van der Waals surface area contributed by atoms with Crippen molar-refractivity contribution in [3.63, 3.8) is 0 Å². The molecule has 1 atom stereocenters. The van der Waals surface area contributed by atoms with E-state index in [1.807, 2.05) is 37.4 Å². The highest BCUT2D eigenvalue weighted by molar-refractivity contribution is 5.80. The maximum atomic E-state index is 5.41. The Bertz CT molecular complexity index is 690. The summed E-state index contributed by atoms with van der Waals surface area (Å²) >= 11 is 0.